The number of benzene rings is 1. The Kier molecular flexibility index (Phi) is 2.82. The predicted molar refractivity (Wildman–Crippen MR) is 57.7 cm³/mol. The molecule has 1 N–H and O–H groups in total. The lowest BCUT2D eigenvalue weighted by Crippen LogP contribution is -2.33. The molecule has 0 spiro atoms. The van der Waals surface area contributed by atoms with Crippen molar-refractivity contribution in [2.24, 2.45) is 0 Å². The zero-order chi connectivity index (χ0) is 9.97. The number of anilines is 1. The number of nitrogens with one attached hydrogen (secondary N) is 1. The molecule has 0 aliphatic carbocycles. The maximum absolute atomic E-state index is 13.6. The van der Waals surface area contributed by atoms with Crippen LogP contribution in [0.5, 0.6) is 5.75 Å². The summed E-state index contributed by atoms with van der Waals surface area (Å²) in [6, 6.07) is 5.55. The summed E-state index contributed by atoms with van der Waals surface area (Å²) in [5, 5.41) is 3.15. The van der Waals surface area contributed by atoms with Crippen LogP contribution in [-0.2, 0) is 0 Å². The maximum atomic E-state index is 13.6. The highest BCUT2D eigenvalue weighted by atomic mass is 32.2. The maximum Gasteiger partial charge on any atom is 0.188 e. The Bertz CT molecular complexity index is 328. The number of methoxy groups -OCH3 is 1. The number of hydrogen-bond donors (Lipinski definition) is 1. The molecule has 1 aromatic carbocycles. The molecule has 1 aliphatic heterocycles. The van der Waals surface area contributed by atoms with Gasteiger partial charge in [-0.25, -0.2) is 4.39 Å². The minimum Gasteiger partial charge on any atom is -0.494 e. The molecule has 2 rings (SSSR count). The lowest BCUT2D eigenvalue weighted by molar-refractivity contribution is 0.387. The second-order valence-electron chi connectivity index (χ2n) is 3.20. The third-order valence-electron chi connectivity index (χ3n) is 2.18. The molecular formula is C10H12FNOS. The van der Waals surface area contributed by atoms with E-state index in [1.807, 2.05) is 11.8 Å². The zero-order valence-electron chi connectivity index (χ0n) is 7.92. The summed E-state index contributed by atoms with van der Waals surface area (Å²) < 4.78 is 18.5. The Morgan fingerprint density at radius 3 is 2.86 bits per heavy atom. The van der Waals surface area contributed by atoms with Crippen LogP contribution in [0.3, 0.4) is 0 Å². The first-order valence-electron chi connectivity index (χ1n) is 4.48. The standard InChI is InChI=1S/C10H12FNOS/c1-13-9-4-2-3-8(10(9)11)12-7-5-14-6-7/h2-4,7,12H,5-6H2,1H3. The first kappa shape index (κ1) is 9.65. The van der Waals surface area contributed by atoms with Crippen molar-refractivity contribution in [1.82, 2.24) is 0 Å². The summed E-state index contributed by atoms with van der Waals surface area (Å²) in [6.45, 7) is 0. The molecule has 0 atom stereocenters. The van der Waals surface area contributed by atoms with Crippen molar-refractivity contribution in [3.8, 4) is 5.75 Å². The van der Waals surface area contributed by atoms with E-state index < -0.39 is 0 Å². The fourth-order valence-corrected chi connectivity index (χ4v) is 1.96. The van der Waals surface area contributed by atoms with Crippen LogP contribution in [0.4, 0.5) is 10.1 Å². The molecule has 1 saturated heterocycles. The largest absolute Gasteiger partial charge is 0.494 e. The van der Waals surface area contributed by atoms with E-state index in [-0.39, 0.29) is 5.82 Å². The van der Waals surface area contributed by atoms with Gasteiger partial charge in [0, 0.05) is 17.5 Å². The van der Waals surface area contributed by atoms with Gasteiger partial charge in [0.25, 0.3) is 0 Å². The highest BCUT2D eigenvalue weighted by Gasteiger charge is 2.19. The molecule has 1 aliphatic rings. The van der Waals surface area contributed by atoms with Crippen LogP contribution in [0.15, 0.2) is 18.2 Å². The highest BCUT2D eigenvalue weighted by Crippen LogP contribution is 2.27. The van der Waals surface area contributed by atoms with Gasteiger partial charge in [-0.15, -0.1) is 0 Å². The molecule has 0 unspecified atom stereocenters. The van der Waals surface area contributed by atoms with Gasteiger partial charge in [0.05, 0.1) is 12.8 Å². The van der Waals surface area contributed by atoms with Gasteiger partial charge in [0.2, 0.25) is 0 Å². The molecule has 1 aromatic rings. The van der Waals surface area contributed by atoms with E-state index in [2.05, 4.69) is 5.32 Å². The van der Waals surface area contributed by atoms with Crippen molar-refractivity contribution in [1.29, 1.82) is 0 Å². The van der Waals surface area contributed by atoms with E-state index in [1.54, 1.807) is 18.2 Å². The first-order chi connectivity index (χ1) is 6.81. The van der Waals surface area contributed by atoms with Gasteiger partial charge in [0.1, 0.15) is 0 Å². The summed E-state index contributed by atoms with van der Waals surface area (Å²) >= 11 is 1.86. The van der Waals surface area contributed by atoms with Gasteiger partial charge >= 0.3 is 0 Å². The monoisotopic (exact) mass is 213 g/mol. The molecule has 0 amide bonds. The Morgan fingerprint density at radius 1 is 1.50 bits per heavy atom. The molecule has 1 fully saturated rings. The molecule has 1 heterocycles. The molecule has 0 radical (unpaired) electrons. The Labute approximate surface area is 86.8 Å². The summed E-state index contributed by atoms with van der Waals surface area (Å²) in [5.74, 6) is 2.10. The van der Waals surface area contributed by atoms with Crippen molar-refractivity contribution in [3.63, 3.8) is 0 Å². The molecule has 0 saturated carbocycles. The van der Waals surface area contributed by atoms with Gasteiger partial charge in [-0.05, 0) is 12.1 Å². The van der Waals surface area contributed by atoms with E-state index in [9.17, 15) is 4.39 Å². The van der Waals surface area contributed by atoms with Gasteiger partial charge in [-0.2, -0.15) is 11.8 Å². The second-order valence-corrected chi connectivity index (χ2v) is 4.28. The molecule has 76 valence electrons. The summed E-state index contributed by atoms with van der Waals surface area (Å²) in [5.41, 5.74) is 0.537. The van der Waals surface area contributed by atoms with Crippen LogP contribution >= 0.6 is 11.8 Å². The van der Waals surface area contributed by atoms with E-state index in [1.165, 1.54) is 7.11 Å². The van der Waals surface area contributed by atoms with Gasteiger partial charge in [0.15, 0.2) is 11.6 Å². The van der Waals surface area contributed by atoms with Crippen LogP contribution < -0.4 is 10.1 Å². The fraction of sp³-hybridized carbons (Fsp3) is 0.400. The lowest BCUT2D eigenvalue weighted by atomic mass is 10.2. The molecule has 14 heavy (non-hydrogen) atoms. The SMILES string of the molecule is COc1cccc(NC2CSC2)c1F. The zero-order valence-corrected chi connectivity index (χ0v) is 8.73. The topological polar surface area (TPSA) is 21.3 Å². The van der Waals surface area contributed by atoms with Crippen molar-refractivity contribution in [2.45, 2.75) is 6.04 Å². The molecule has 4 heteroatoms. The van der Waals surface area contributed by atoms with Crippen LogP contribution in [0.25, 0.3) is 0 Å². The van der Waals surface area contributed by atoms with E-state index in [0.29, 0.717) is 17.5 Å². The van der Waals surface area contributed by atoms with Crippen LogP contribution in [0, 0.1) is 5.82 Å². The number of ether oxygens (including phenoxy) is 1. The molecular weight excluding hydrogens is 201 g/mol. The number of hydrogen-bond acceptors (Lipinski definition) is 3. The predicted octanol–water partition coefficient (Wildman–Crippen LogP) is 2.36. The smallest absolute Gasteiger partial charge is 0.188 e. The summed E-state index contributed by atoms with van der Waals surface area (Å²) in [4.78, 5) is 0. The summed E-state index contributed by atoms with van der Waals surface area (Å²) in [6.07, 6.45) is 0. The first-order valence-corrected chi connectivity index (χ1v) is 5.63. The third kappa shape index (κ3) is 1.80. The molecule has 0 bridgehead atoms. The van der Waals surface area contributed by atoms with Gasteiger partial charge in [-0.1, -0.05) is 6.07 Å². The van der Waals surface area contributed by atoms with E-state index >= 15 is 0 Å². The minimum absolute atomic E-state index is 0.293. The highest BCUT2D eigenvalue weighted by molar-refractivity contribution is 8.00. The van der Waals surface area contributed by atoms with Crippen LogP contribution in [0.2, 0.25) is 0 Å². The van der Waals surface area contributed by atoms with E-state index in [0.717, 1.165) is 11.5 Å². The van der Waals surface area contributed by atoms with Crippen molar-refractivity contribution < 1.29 is 9.13 Å². The van der Waals surface area contributed by atoms with Gasteiger partial charge < -0.3 is 10.1 Å². The average molecular weight is 213 g/mol. The van der Waals surface area contributed by atoms with E-state index in [4.69, 9.17) is 4.74 Å². The van der Waals surface area contributed by atoms with Crippen LogP contribution in [-0.4, -0.2) is 24.7 Å². The van der Waals surface area contributed by atoms with Crippen molar-refractivity contribution >= 4 is 17.4 Å². The second kappa shape index (κ2) is 4.09. The quantitative estimate of drug-likeness (QED) is 0.832. The van der Waals surface area contributed by atoms with Crippen LogP contribution in [0.1, 0.15) is 0 Å². The normalized spacial score (nSPS) is 16.1. The number of rotatable bonds is 3. The Morgan fingerprint density at radius 2 is 2.29 bits per heavy atom. The molecule has 0 aromatic heterocycles. The molecule has 2 nitrogen and oxygen atoms in total. The number of halogens is 1. The summed E-state index contributed by atoms with van der Waals surface area (Å²) in [7, 11) is 1.47. The lowest BCUT2D eigenvalue weighted by Gasteiger charge is -2.27. The number of thioether (sulfide) groups is 1. The van der Waals surface area contributed by atoms with Gasteiger partial charge in [-0.3, -0.25) is 0 Å². The van der Waals surface area contributed by atoms with Crippen molar-refractivity contribution in [2.75, 3.05) is 23.9 Å². The Balaban J connectivity index is 2.15. The average Bonchev–Trinajstić information content (AvgIpc) is 2.13. The Hall–Kier alpha value is -0.900. The third-order valence-corrected chi connectivity index (χ3v) is 3.46. The fourth-order valence-electron chi connectivity index (χ4n) is 1.32. The van der Waals surface area contributed by atoms with Crippen molar-refractivity contribution in [3.05, 3.63) is 24.0 Å². The minimum atomic E-state index is -0.299.